The predicted molar refractivity (Wildman–Crippen MR) is 58.6 cm³/mol. The van der Waals surface area contributed by atoms with Gasteiger partial charge in [-0.15, -0.1) is 11.3 Å². The number of benzene rings is 1. The molecule has 0 spiro atoms. The molecule has 0 atom stereocenters. The minimum absolute atomic E-state index is 0.288. The second-order valence-corrected chi connectivity index (χ2v) is 4.15. The lowest BCUT2D eigenvalue weighted by molar-refractivity contribution is 0.475. The molecule has 1 aromatic heterocycles. The average molecular weight is 205 g/mol. The molecule has 2 aromatic rings. The van der Waals surface area contributed by atoms with Gasteiger partial charge in [-0.3, -0.25) is 0 Å². The Morgan fingerprint density at radius 2 is 2.29 bits per heavy atom. The van der Waals surface area contributed by atoms with Gasteiger partial charge in [-0.25, -0.2) is 4.98 Å². The maximum atomic E-state index is 9.32. The van der Waals surface area contributed by atoms with Gasteiger partial charge in [0.25, 0.3) is 0 Å². The van der Waals surface area contributed by atoms with Gasteiger partial charge in [0.05, 0.1) is 0 Å². The van der Waals surface area contributed by atoms with Gasteiger partial charge in [-0.1, -0.05) is 19.1 Å². The zero-order valence-electron chi connectivity index (χ0n) is 7.90. The minimum Gasteiger partial charge on any atom is -0.508 e. The molecule has 0 aliphatic rings. The Hall–Kier alpha value is -1.35. The Morgan fingerprint density at radius 3 is 2.93 bits per heavy atom. The summed E-state index contributed by atoms with van der Waals surface area (Å²) < 4.78 is 0. The van der Waals surface area contributed by atoms with Crippen LogP contribution < -0.4 is 0 Å². The number of aromatic nitrogens is 1. The maximum absolute atomic E-state index is 9.32. The molecule has 3 heteroatoms. The normalized spacial score (nSPS) is 10.4. The largest absolute Gasteiger partial charge is 0.508 e. The van der Waals surface area contributed by atoms with Gasteiger partial charge in [0.15, 0.2) is 0 Å². The van der Waals surface area contributed by atoms with Crippen molar-refractivity contribution in [1.29, 1.82) is 0 Å². The van der Waals surface area contributed by atoms with Crippen LogP contribution >= 0.6 is 11.3 Å². The monoisotopic (exact) mass is 205 g/mol. The second kappa shape index (κ2) is 3.80. The molecule has 1 aromatic carbocycles. The number of phenolic OH excluding ortho intramolecular Hbond substituents is 1. The number of rotatable bonds is 2. The lowest BCUT2D eigenvalue weighted by atomic mass is 10.2. The van der Waals surface area contributed by atoms with Crippen LogP contribution in [0.2, 0.25) is 0 Å². The fourth-order valence-corrected chi connectivity index (χ4v) is 2.09. The highest BCUT2D eigenvalue weighted by Gasteiger charge is 2.03. The molecular weight excluding hydrogens is 194 g/mol. The fourth-order valence-electron chi connectivity index (χ4n) is 1.24. The average Bonchev–Trinajstić information content (AvgIpc) is 2.66. The Balaban J connectivity index is 2.39. The van der Waals surface area contributed by atoms with Crippen molar-refractivity contribution in [2.24, 2.45) is 0 Å². The first-order valence-corrected chi connectivity index (χ1v) is 5.35. The molecular formula is C11H11NOS. The van der Waals surface area contributed by atoms with Gasteiger partial charge < -0.3 is 5.11 Å². The molecule has 1 N–H and O–H groups in total. The van der Waals surface area contributed by atoms with E-state index < -0.39 is 0 Å². The van der Waals surface area contributed by atoms with Crippen molar-refractivity contribution in [2.75, 3.05) is 0 Å². The molecule has 0 saturated heterocycles. The van der Waals surface area contributed by atoms with E-state index in [1.165, 1.54) is 4.88 Å². The lowest BCUT2D eigenvalue weighted by Crippen LogP contribution is -1.73. The molecule has 14 heavy (non-hydrogen) atoms. The van der Waals surface area contributed by atoms with Crippen LogP contribution in [0.4, 0.5) is 0 Å². The number of hydrogen-bond acceptors (Lipinski definition) is 3. The van der Waals surface area contributed by atoms with E-state index in [1.807, 2.05) is 18.3 Å². The van der Waals surface area contributed by atoms with Crippen molar-refractivity contribution in [3.63, 3.8) is 0 Å². The van der Waals surface area contributed by atoms with Crippen LogP contribution in [-0.4, -0.2) is 10.1 Å². The Bertz CT molecular complexity index is 436. The van der Waals surface area contributed by atoms with Gasteiger partial charge in [-0.2, -0.15) is 0 Å². The van der Waals surface area contributed by atoms with E-state index in [0.29, 0.717) is 0 Å². The minimum atomic E-state index is 0.288. The van der Waals surface area contributed by atoms with Crippen LogP contribution in [0.1, 0.15) is 11.8 Å². The summed E-state index contributed by atoms with van der Waals surface area (Å²) in [5, 5.41) is 10.3. The molecule has 0 saturated carbocycles. The standard InChI is InChI=1S/C11H11NOS/c1-2-10-7-12-11(14-10)8-4-3-5-9(13)6-8/h3-7,13H,2H2,1H3. The van der Waals surface area contributed by atoms with E-state index in [0.717, 1.165) is 17.0 Å². The lowest BCUT2D eigenvalue weighted by Gasteiger charge is -1.96. The number of hydrogen-bond donors (Lipinski definition) is 1. The van der Waals surface area contributed by atoms with Crippen LogP contribution in [0.3, 0.4) is 0 Å². The van der Waals surface area contributed by atoms with Crippen molar-refractivity contribution < 1.29 is 5.11 Å². The smallest absolute Gasteiger partial charge is 0.123 e. The second-order valence-electron chi connectivity index (χ2n) is 3.04. The summed E-state index contributed by atoms with van der Waals surface area (Å²) in [6.45, 7) is 2.11. The van der Waals surface area contributed by atoms with Crippen molar-refractivity contribution >= 4 is 11.3 Å². The number of aromatic hydroxyl groups is 1. The molecule has 0 aliphatic heterocycles. The van der Waals surface area contributed by atoms with Crippen molar-refractivity contribution in [1.82, 2.24) is 4.98 Å². The molecule has 2 nitrogen and oxygen atoms in total. The molecule has 0 amide bonds. The molecule has 0 fully saturated rings. The number of nitrogens with zero attached hydrogens (tertiary/aromatic N) is 1. The van der Waals surface area contributed by atoms with Crippen molar-refractivity contribution in [3.8, 4) is 16.3 Å². The first kappa shape index (κ1) is 9.21. The highest BCUT2D eigenvalue weighted by atomic mass is 32.1. The quantitative estimate of drug-likeness (QED) is 0.817. The predicted octanol–water partition coefficient (Wildman–Crippen LogP) is 3.08. The fraction of sp³-hybridized carbons (Fsp3) is 0.182. The van der Waals surface area contributed by atoms with Gasteiger partial charge in [0.1, 0.15) is 10.8 Å². The highest BCUT2D eigenvalue weighted by molar-refractivity contribution is 7.15. The maximum Gasteiger partial charge on any atom is 0.123 e. The van der Waals surface area contributed by atoms with Crippen molar-refractivity contribution in [2.45, 2.75) is 13.3 Å². The van der Waals surface area contributed by atoms with Gasteiger partial charge in [0.2, 0.25) is 0 Å². The summed E-state index contributed by atoms with van der Waals surface area (Å²) in [7, 11) is 0. The van der Waals surface area contributed by atoms with Crippen LogP contribution in [0.15, 0.2) is 30.5 Å². The molecule has 0 bridgehead atoms. The molecule has 1 heterocycles. The molecule has 0 unspecified atom stereocenters. The zero-order chi connectivity index (χ0) is 9.97. The van der Waals surface area contributed by atoms with Crippen molar-refractivity contribution in [3.05, 3.63) is 35.3 Å². The van der Waals surface area contributed by atoms with Gasteiger partial charge in [-0.05, 0) is 18.6 Å². The third-order valence-electron chi connectivity index (χ3n) is 2.00. The number of thiazole rings is 1. The first-order chi connectivity index (χ1) is 6.79. The molecule has 0 aliphatic carbocycles. The van der Waals surface area contributed by atoms with E-state index in [2.05, 4.69) is 11.9 Å². The van der Waals surface area contributed by atoms with E-state index >= 15 is 0 Å². The van der Waals surface area contributed by atoms with E-state index in [9.17, 15) is 5.11 Å². The van der Waals surface area contributed by atoms with E-state index in [1.54, 1.807) is 23.5 Å². The van der Waals surface area contributed by atoms with E-state index in [-0.39, 0.29) is 5.75 Å². The SMILES string of the molecule is CCc1cnc(-c2cccc(O)c2)s1. The van der Waals surface area contributed by atoms with Crippen LogP contribution in [-0.2, 0) is 6.42 Å². The van der Waals surface area contributed by atoms with Gasteiger partial charge >= 0.3 is 0 Å². The zero-order valence-corrected chi connectivity index (χ0v) is 8.71. The van der Waals surface area contributed by atoms with Gasteiger partial charge in [0, 0.05) is 16.6 Å². The van der Waals surface area contributed by atoms with E-state index in [4.69, 9.17) is 0 Å². The topological polar surface area (TPSA) is 33.1 Å². The number of phenols is 1. The Labute approximate surface area is 86.9 Å². The molecule has 2 rings (SSSR count). The molecule has 72 valence electrons. The Kier molecular flexibility index (Phi) is 2.50. The highest BCUT2D eigenvalue weighted by Crippen LogP contribution is 2.27. The summed E-state index contributed by atoms with van der Waals surface area (Å²) in [6.07, 6.45) is 2.90. The summed E-state index contributed by atoms with van der Waals surface area (Å²) in [5.41, 5.74) is 0.981. The summed E-state index contributed by atoms with van der Waals surface area (Å²) in [5.74, 6) is 0.288. The third-order valence-corrected chi connectivity index (χ3v) is 3.19. The van der Waals surface area contributed by atoms with Crippen LogP contribution in [0.5, 0.6) is 5.75 Å². The number of aryl methyl sites for hydroxylation is 1. The summed E-state index contributed by atoms with van der Waals surface area (Å²) in [6, 6.07) is 7.19. The third kappa shape index (κ3) is 1.77. The van der Waals surface area contributed by atoms with Crippen LogP contribution in [0, 0.1) is 0 Å². The summed E-state index contributed by atoms with van der Waals surface area (Å²) in [4.78, 5) is 5.57. The Morgan fingerprint density at radius 1 is 1.43 bits per heavy atom. The first-order valence-electron chi connectivity index (χ1n) is 4.53. The molecule has 0 radical (unpaired) electrons. The van der Waals surface area contributed by atoms with Crippen LogP contribution in [0.25, 0.3) is 10.6 Å². The summed E-state index contributed by atoms with van der Waals surface area (Å²) >= 11 is 1.67.